The molecule has 3 saturated heterocycles. The number of aliphatic imine (C=N–C) groups is 1. The van der Waals surface area contributed by atoms with Crippen LogP contribution < -0.4 is 5.32 Å². The van der Waals surface area contributed by atoms with Crippen molar-refractivity contribution in [3.05, 3.63) is 35.9 Å². The van der Waals surface area contributed by atoms with Crippen LogP contribution in [0.15, 0.2) is 35.3 Å². The number of rotatable bonds is 6. The summed E-state index contributed by atoms with van der Waals surface area (Å²) >= 11 is 0. The Labute approximate surface area is 174 Å². The molecule has 0 aliphatic carbocycles. The second-order valence-electron chi connectivity index (χ2n) is 8.98. The number of ether oxygens (including phenoxy) is 1. The van der Waals surface area contributed by atoms with Crippen LogP contribution in [0.3, 0.4) is 0 Å². The normalized spacial score (nSPS) is 27.2. The standard InChI is InChI=1S/C23H36N4O2/c1-2-24-22(25-15-23(16-28)17-29-18-23)27-12-10-21-20(14-27)9-6-11-26(21)13-19-7-4-3-5-8-19/h3-5,7-8,20-21,28H,2,6,9-18H2,1H3,(H,24,25). The Bertz CT molecular complexity index is 671. The second-order valence-corrected chi connectivity index (χ2v) is 8.98. The van der Waals surface area contributed by atoms with E-state index in [4.69, 9.17) is 9.73 Å². The van der Waals surface area contributed by atoms with Gasteiger partial charge in [-0.05, 0) is 44.2 Å². The lowest BCUT2D eigenvalue weighted by Gasteiger charge is -2.48. The Morgan fingerprint density at radius 2 is 2.07 bits per heavy atom. The van der Waals surface area contributed by atoms with E-state index in [9.17, 15) is 5.11 Å². The molecular formula is C23H36N4O2. The van der Waals surface area contributed by atoms with Gasteiger partial charge < -0.3 is 20.1 Å². The van der Waals surface area contributed by atoms with E-state index in [-0.39, 0.29) is 12.0 Å². The van der Waals surface area contributed by atoms with Crippen LogP contribution in [0.2, 0.25) is 0 Å². The first kappa shape index (κ1) is 20.6. The monoisotopic (exact) mass is 400 g/mol. The van der Waals surface area contributed by atoms with Gasteiger partial charge in [-0.25, -0.2) is 0 Å². The smallest absolute Gasteiger partial charge is 0.193 e. The molecule has 0 bridgehead atoms. The first-order chi connectivity index (χ1) is 14.2. The maximum Gasteiger partial charge on any atom is 0.193 e. The summed E-state index contributed by atoms with van der Waals surface area (Å²) in [6.45, 7) is 9.40. The predicted molar refractivity (Wildman–Crippen MR) is 116 cm³/mol. The third kappa shape index (κ3) is 4.76. The van der Waals surface area contributed by atoms with Gasteiger partial charge in [0, 0.05) is 32.2 Å². The highest BCUT2D eigenvalue weighted by Crippen LogP contribution is 2.32. The Morgan fingerprint density at radius 1 is 1.24 bits per heavy atom. The highest BCUT2D eigenvalue weighted by Gasteiger charge is 2.39. The summed E-state index contributed by atoms with van der Waals surface area (Å²) in [5.74, 6) is 1.70. The zero-order valence-corrected chi connectivity index (χ0v) is 17.7. The van der Waals surface area contributed by atoms with Gasteiger partial charge in [-0.3, -0.25) is 9.89 Å². The van der Waals surface area contributed by atoms with E-state index in [1.165, 1.54) is 31.4 Å². The number of aliphatic hydroxyl groups is 1. The Hall–Kier alpha value is -1.63. The summed E-state index contributed by atoms with van der Waals surface area (Å²) in [5, 5.41) is 13.2. The van der Waals surface area contributed by atoms with Crippen LogP contribution >= 0.6 is 0 Å². The third-order valence-electron chi connectivity index (χ3n) is 6.76. The van der Waals surface area contributed by atoms with Gasteiger partial charge in [0.1, 0.15) is 0 Å². The highest BCUT2D eigenvalue weighted by molar-refractivity contribution is 5.80. The first-order valence-corrected chi connectivity index (χ1v) is 11.2. The lowest BCUT2D eigenvalue weighted by molar-refractivity contribution is -0.130. The van der Waals surface area contributed by atoms with Crippen molar-refractivity contribution < 1.29 is 9.84 Å². The highest BCUT2D eigenvalue weighted by atomic mass is 16.5. The summed E-state index contributed by atoms with van der Waals surface area (Å²) in [7, 11) is 0. The Kier molecular flexibility index (Phi) is 6.73. The molecule has 1 aromatic carbocycles. The minimum absolute atomic E-state index is 0.148. The number of guanidine groups is 1. The SMILES string of the molecule is CCNC(=NCC1(CO)COC1)N1CCC2C(CCCN2Cc2ccccc2)C1. The van der Waals surface area contributed by atoms with E-state index in [0.717, 1.165) is 32.1 Å². The van der Waals surface area contributed by atoms with Crippen molar-refractivity contribution in [2.75, 3.05) is 52.5 Å². The van der Waals surface area contributed by atoms with Crippen LogP contribution in [0, 0.1) is 11.3 Å². The molecule has 160 valence electrons. The molecule has 3 heterocycles. The van der Waals surface area contributed by atoms with Crippen LogP contribution in [-0.4, -0.2) is 79.5 Å². The molecule has 1 aromatic rings. The maximum atomic E-state index is 9.71. The summed E-state index contributed by atoms with van der Waals surface area (Å²) < 4.78 is 5.33. The van der Waals surface area contributed by atoms with E-state index in [2.05, 4.69) is 52.4 Å². The first-order valence-electron chi connectivity index (χ1n) is 11.2. The number of nitrogens with zero attached hydrogens (tertiary/aromatic N) is 3. The lowest BCUT2D eigenvalue weighted by Crippen LogP contribution is -2.57. The van der Waals surface area contributed by atoms with Gasteiger partial charge in [0.25, 0.3) is 0 Å². The molecule has 3 aliphatic rings. The minimum Gasteiger partial charge on any atom is -0.396 e. The van der Waals surface area contributed by atoms with Crippen molar-refractivity contribution in [3.8, 4) is 0 Å². The number of hydrogen-bond acceptors (Lipinski definition) is 4. The van der Waals surface area contributed by atoms with Crippen LogP contribution in [-0.2, 0) is 11.3 Å². The minimum atomic E-state index is -0.170. The summed E-state index contributed by atoms with van der Waals surface area (Å²) in [6, 6.07) is 11.5. The summed E-state index contributed by atoms with van der Waals surface area (Å²) in [5.41, 5.74) is 1.25. The van der Waals surface area contributed by atoms with Crippen LogP contribution in [0.1, 0.15) is 31.7 Å². The molecule has 0 spiro atoms. The molecular weight excluding hydrogens is 364 g/mol. The molecule has 0 aromatic heterocycles. The fourth-order valence-electron chi connectivity index (χ4n) is 5.00. The molecule has 0 saturated carbocycles. The second kappa shape index (κ2) is 9.45. The number of likely N-dealkylation sites (tertiary alicyclic amines) is 2. The molecule has 0 radical (unpaired) electrons. The Balaban J connectivity index is 1.39. The van der Waals surface area contributed by atoms with Crippen molar-refractivity contribution in [1.29, 1.82) is 0 Å². The Morgan fingerprint density at radius 3 is 2.76 bits per heavy atom. The number of aliphatic hydroxyl groups excluding tert-OH is 1. The van der Waals surface area contributed by atoms with Crippen LogP contribution in [0.4, 0.5) is 0 Å². The number of hydrogen-bond donors (Lipinski definition) is 2. The average molecular weight is 401 g/mol. The van der Waals surface area contributed by atoms with Gasteiger partial charge in [-0.15, -0.1) is 0 Å². The van der Waals surface area contributed by atoms with Gasteiger partial charge in [-0.2, -0.15) is 0 Å². The van der Waals surface area contributed by atoms with Crippen LogP contribution in [0.5, 0.6) is 0 Å². The molecule has 3 fully saturated rings. The molecule has 2 atom stereocenters. The molecule has 6 heteroatoms. The molecule has 2 unspecified atom stereocenters. The van der Waals surface area contributed by atoms with Crippen molar-refractivity contribution >= 4 is 5.96 Å². The van der Waals surface area contributed by atoms with Crippen molar-refractivity contribution in [2.45, 2.75) is 38.8 Å². The van der Waals surface area contributed by atoms with Gasteiger partial charge >= 0.3 is 0 Å². The number of nitrogens with one attached hydrogen (secondary N) is 1. The molecule has 29 heavy (non-hydrogen) atoms. The van der Waals surface area contributed by atoms with E-state index in [1.54, 1.807) is 0 Å². The average Bonchev–Trinajstić information content (AvgIpc) is 2.73. The quantitative estimate of drug-likeness (QED) is 0.565. The van der Waals surface area contributed by atoms with Crippen molar-refractivity contribution in [2.24, 2.45) is 16.3 Å². The lowest BCUT2D eigenvalue weighted by atomic mass is 9.83. The largest absolute Gasteiger partial charge is 0.396 e. The molecule has 6 nitrogen and oxygen atoms in total. The zero-order chi connectivity index (χ0) is 20.1. The fourth-order valence-corrected chi connectivity index (χ4v) is 5.00. The molecule has 2 N–H and O–H groups in total. The van der Waals surface area contributed by atoms with Gasteiger partial charge in [0.05, 0.1) is 31.8 Å². The third-order valence-corrected chi connectivity index (χ3v) is 6.76. The summed E-state index contributed by atoms with van der Waals surface area (Å²) in [4.78, 5) is 10.1. The van der Waals surface area contributed by atoms with Crippen LogP contribution in [0.25, 0.3) is 0 Å². The zero-order valence-electron chi connectivity index (χ0n) is 17.7. The van der Waals surface area contributed by atoms with Crippen molar-refractivity contribution in [1.82, 2.24) is 15.1 Å². The van der Waals surface area contributed by atoms with Gasteiger partial charge in [0.2, 0.25) is 0 Å². The molecule has 0 amide bonds. The number of benzene rings is 1. The van der Waals surface area contributed by atoms with E-state index in [0.29, 0.717) is 31.7 Å². The van der Waals surface area contributed by atoms with E-state index >= 15 is 0 Å². The number of piperidine rings is 2. The fraction of sp³-hybridized carbons (Fsp3) is 0.696. The molecule has 4 rings (SSSR count). The maximum absolute atomic E-state index is 9.71. The van der Waals surface area contributed by atoms with E-state index in [1.807, 2.05) is 0 Å². The topological polar surface area (TPSA) is 60.3 Å². The number of fused-ring (bicyclic) bond motifs is 1. The van der Waals surface area contributed by atoms with Gasteiger partial charge in [-0.1, -0.05) is 30.3 Å². The molecule has 3 aliphatic heterocycles. The predicted octanol–water partition coefficient (Wildman–Crippen LogP) is 1.95. The van der Waals surface area contributed by atoms with Gasteiger partial charge in [0.15, 0.2) is 5.96 Å². The van der Waals surface area contributed by atoms with E-state index < -0.39 is 0 Å². The summed E-state index contributed by atoms with van der Waals surface area (Å²) in [6.07, 6.45) is 3.77. The van der Waals surface area contributed by atoms with Crippen molar-refractivity contribution in [3.63, 3.8) is 0 Å².